The van der Waals surface area contributed by atoms with E-state index < -0.39 is 72.9 Å². The van der Waals surface area contributed by atoms with Crippen molar-refractivity contribution in [3.05, 3.63) is 42.1 Å². The summed E-state index contributed by atoms with van der Waals surface area (Å²) in [7, 11) is -1.23. The molecule has 0 radical (unpaired) electrons. The molecule has 1 aliphatic rings. The zero-order valence-electron chi connectivity index (χ0n) is 21.3. The Morgan fingerprint density at radius 3 is 2.33 bits per heavy atom. The van der Waals surface area contributed by atoms with Crippen molar-refractivity contribution < 1.29 is 21.6 Å². The first-order chi connectivity index (χ1) is 13.5. The molecule has 0 aliphatic carbocycles. The van der Waals surface area contributed by atoms with E-state index in [0.717, 1.165) is 4.68 Å². The first-order valence-electron chi connectivity index (χ1n) is 11.0. The van der Waals surface area contributed by atoms with Crippen molar-refractivity contribution >= 4 is 12.6 Å². The number of aryl methyl sites for hydroxylation is 1. The summed E-state index contributed by atoms with van der Waals surface area (Å²) in [6, 6.07) is -3.04. The summed E-state index contributed by atoms with van der Waals surface area (Å²) in [6.07, 6.45) is -0.488. The van der Waals surface area contributed by atoms with E-state index in [1.807, 2.05) is 0 Å². The molecule has 21 heavy (non-hydrogen) atoms. The minimum Gasteiger partial charge on any atom is -0.399 e. The van der Waals surface area contributed by atoms with E-state index in [9.17, 15) is 0 Å². The number of hydrogen-bond acceptors (Lipinski definition) is 3. The van der Waals surface area contributed by atoms with Crippen LogP contribution in [0.4, 0.5) is 0 Å². The van der Waals surface area contributed by atoms with Crippen LogP contribution in [-0.2, 0) is 9.31 Å². The number of benzene rings is 1. The van der Waals surface area contributed by atoms with Gasteiger partial charge in [-0.3, -0.25) is 0 Å². The molecule has 0 spiro atoms. The fraction of sp³-hybridized carbons (Fsp3) is 0.438. The topological polar surface area (TPSA) is 36.3 Å². The normalized spacial score (nSPS) is 26.7. The lowest BCUT2D eigenvalue weighted by molar-refractivity contribution is 0.00578. The van der Waals surface area contributed by atoms with Gasteiger partial charge >= 0.3 is 7.12 Å². The molecule has 0 saturated carbocycles. The summed E-state index contributed by atoms with van der Waals surface area (Å²) < 4.78 is 84.2. The van der Waals surface area contributed by atoms with Crippen LogP contribution in [0.3, 0.4) is 0 Å². The zero-order valence-corrected chi connectivity index (χ0v) is 12.3. The van der Waals surface area contributed by atoms with Crippen molar-refractivity contribution in [2.24, 2.45) is 0 Å². The van der Waals surface area contributed by atoms with Crippen molar-refractivity contribution in [3.8, 4) is 5.69 Å². The Morgan fingerprint density at radius 2 is 1.76 bits per heavy atom. The van der Waals surface area contributed by atoms with Crippen molar-refractivity contribution in [2.45, 2.75) is 45.7 Å². The van der Waals surface area contributed by atoms with Crippen LogP contribution in [0.15, 0.2) is 36.4 Å². The smallest absolute Gasteiger partial charge is 0.399 e. The highest BCUT2D eigenvalue weighted by molar-refractivity contribution is 6.62. The van der Waals surface area contributed by atoms with Gasteiger partial charge in [-0.2, -0.15) is 5.10 Å². The summed E-state index contributed by atoms with van der Waals surface area (Å²) in [5.41, 5.74) is -2.69. The molecule has 1 aromatic carbocycles. The molecule has 2 heterocycles. The van der Waals surface area contributed by atoms with Gasteiger partial charge in [0, 0.05) is 15.7 Å². The third-order valence-corrected chi connectivity index (χ3v) is 3.87. The van der Waals surface area contributed by atoms with Gasteiger partial charge in [0.1, 0.15) is 0 Å². The second-order valence-electron chi connectivity index (χ2n) is 5.85. The molecule has 0 bridgehead atoms. The maximum atomic E-state index is 8.55. The van der Waals surface area contributed by atoms with Crippen LogP contribution < -0.4 is 5.46 Å². The van der Waals surface area contributed by atoms with E-state index in [1.165, 1.54) is 0 Å². The van der Waals surface area contributed by atoms with Gasteiger partial charge in [0.2, 0.25) is 0 Å². The van der Waals surface area contributed by atoms with Crippen molar-refractivity contribution in [1.29, 1.82) is 0 Å². The van der Waals surface area contributed by atoms with Gasteiger partial charge in [0.25, 0.3) is 0 Å². The highest BCUT2D eigenvalue weighted by Gasteiger charge is 2.52. The van der Waals surface area contributed by atoms with Crippen LogP contribution in [0.5, 0.6) is 0 Å². The van der Waals surface area contributed by atoms with Gasteiger partial charge in [-0.15, -0.1) is 0 Å². The lowest BCUT2D eigenvalue weighted by atomic mass is 9.79. The average Bonchev–Trinajstić information content (AvgIpc) is 3.05. The highest BCUT2D eigenvalue weighted by atomic mass is 16.7. The number of nitrogens with zero attached hydrogens (tertiary/aromatic N) is 2. The van der Waals surface area contributed by atoms with Gasteiger partial charge in [-0.1, -0.05) is 18.1 Å². The van der Waals surface area contributed by atoms with E-state index in [2.05, 4.69) is 5.10 Å². The third kappa shape index (κ3) is 2.41. The molecule has 2 aromatic rings. The number of para-hydroxylation sites is 1. The molecular formula is C16H21BN2O2. The number of rotatable bonds is 2. The maximum absolute atomic E-state index is 8.55. The molecule has 0 atom stereocenters. The summed E-state index contributed by atoms with van der Waals surface area (Å²) in [5.74, 6) is 0. The number of aromatic nitrogens is 2. The average molecular weight is 293 g/mol. The Kier molecular flexibility index (Phi) is 1.60. The quantitative estimate of drug-likeness (QED) is 0.798. The lowest BCUT2D eigenvalue weighted by Crippen LogP contribution is -2.41. The van der Waals surface area contributed by atoms with Gasteiger partial charge < -0.3 is 9.31 Å². The van der Waals surface area contributed by atoms with Crippen LogP contribution in [0, 0.1) is 6.85 Å². The van der Waals surface area contributed by atoms with Gasteiger partial charge in [0.15, 0.2) is 0 Å². The molecule has 4 nitrogen and oxygen atoms in total. The zero-order chi connectivity index (χ0) is 23.0. The van der Waals surface area contributed by atoms with Crippen LogP contribution >= 0.6 is 0 Å². The van der Waals surface area contributed by atoms with Crippen LogP contribution in [0.25, 0.3) is 5.69 Å². The molecule has 0 unspecified atom stereocenters. The number of hydrogen-bond donors (Lipinski definition) is 0. The predicted octanol–water partition coefficient (Wildman–Crippen LogP) is 2.48. The maximum Gasteiger partial charge on any atom is 0.498 e. The molecule has 1 fully saturated rings. The first-order valence-corrected chi connectivity index (χ1v) is 6.54. The van der Waals surface area contributed by atoms with Crippen molar-refractivity contribution in [2.75, 3.05) is 0 Å². The summed E-state index contributed by atoms with van der Waals surface area (Å²) >= 11 is 0. The summed E-state index contributed by atoms with van der Waals surface area (Å²) in [6.45, 7) is 4.32. The second kappa shape index (κ2) is 4.72. The Hall–Kier alpha value is -1.59. The van der Waals surface area contributed by atoms with E-state index >= 15 is 0 Å². The SMILES string of the molecule is [2H]c1c([2H])c([2H])c(-n2nc(C([2H])([2H])[2H])c(B3OC(C)(C)C(C)(C)O3)c2[2H])c([2H])c1[2H]. The van der Waals surface area contributed by atoms with E-state index in [-0.39, 0.29) is 5.46 Å². The van der Waals surface area contributed by atoms with Crippen LogP contribution in [0.2, 0.25) is 0 Å². The molecule has 1 aliphatic heterocycles. The van der Waals surface area contributed by atoms with Gasteiger partial charge in [-0.25, -0.2) is 4.68 Å². The van der Waals surface area contributed by atoms with Crippen molar-refractivity contribution in [3.63, 3.8) is 0 Å². The molecule has 5 heteroatoms. The first kappa shape index (κ1) is 7.12. The second-order valence-corrected chi connectivity index (χ2v) is 5.85. The van der Waals surface area contributed by atoms with Crippen molar-refractivity contribution in [1.82, 2.24) is 9.78 Å². The minimum atomic E-state index is -2.76. The minimum absolute atomic E-state index is 0.166. The van der Waals surface area contributed by atoms with E-state index in [4.69, 9.17) is 21.6 Å². The Bertz CT molecular complexity index is 988. The van der Waals surface area contributed by atoms with Gasteiger partial charge in [-0.05, 0) is 46.6 Å². The summed E-state index contributed by atoms with van der Waals surface area (Å²) in [5, 5.41) is 3.96. The molecular weight excluding hydrogens is 263 g/mol. The molecule has 1 saturated heterocycles. The molecule has 1 aromatic heterocycles. The Labute approximate surface area is 138 Å². The highest BCUT2D eigenvalue weighted by Crippen LogP contribution is 2.36. The largest absolute Gasteiger partial charge is 0.498 e. The van der Waals surface area contributed by atoms with E-state index in [1.54, 1.807) is 27.7 Å². The van der Waals surface area contributed by atoms with Crippen LogP contribution in [0.1, 0.15) is 45.7 Å². The van der Waals surface area contributed by atoms with Crippen LogP contribution in [-0.4, -0.2) is 28.1 Å². The third-order valence-electron chi connectivity index (χ3n) is 3.87. The van der Waals surface area contributed by atoms with E-state index in [0.29, 0.717) is 0 Å². The lowest BCUT2D eigenvalue weighted by Gasteiger charge is -2.32. The monoisotopic (exact) mass is 293 g/mol. The fourth-order valence-corrected chi connectivity index (χ4v) is 1.93. The molecule has 3 rings (SSSR count). The molecule has 0 amide bonds. The molecule has 110 valence electrons. The Morgan fingerprint density at radius 1 is 1.14 bits per heavy atom. The fourth-order valence-electron chi connectivity index (χ4n) is 1.93. The molecule has 0 N–H and O–H groups in total. The summed E-state index contributed by atoms with van der Waals surface area (Å²) in [4.78, 5) is 0. The standard InChI is InChI=1S/C16H21BN2O2/c1-12-14(17-20-15(2,3)16(4,5)21-17)11-19(18-12)13-9-7-6-8-10-13/h6-11H,1-5H3/i1D3,6D,7D,8D,9D,10D,11D. The predicted molar refractivity (Wildman–Crippen MR) is 84.0 cm³/mol. The van der Waals surface area contributed by atoms with Gasteiger partial charge in [0.05, 0.1) is 30.8 Å². The Balaban J connectivity index is 2.30.